The maximum Gasteiger partial charge on any atom is 0.257 e. The summed E-state index contributed by atoms with van der Waals surface area (Å²) in [5.74, 6) is 0.929. The lowest BCUT2D eigenvalue weighted by Crippen LogP contribution is -2.40. The summed E-state index contributed by atoms with van der Waals surface area (Å²) in [6.07, 6.45) is 0. The van der Waals surface area contributed by atoms with Crippen LogP contribution >= 0.6 is 11.3 Å². The van der Waals surface area contributed by atoms with Gasteiger partial charge in [0.15, 0.2) is 10.9 Å². The minimum atomic E-state index is -3.61. The summed E-state index contributed by atoms with van der Waals surface area (Å²) in [7, 11) is -2.01. The average Bonchev–Trinajstić information content (AvgIpc) is 3.51. The summed E-state index contributed by atoms with van der Waals surface area (Å²) in [6.45, 7) is 1.38. The van der Waals surface area contributed by atoms with Crippen molar-refractivity contribution in [2.75, 3.05) is 38.7 Å². The molecule has 0 unspecified atom stereocenters. The van der Waals surface area contributed by atoms with Crippen molar-refractivity contribution in [3.8, 4) is 17.2 Å². The molecule has 5 rings (SSSR count). The number of nitrogens with zero attached hydrogens (tertiary/aromatic N) is 2. The number of benzene rings is 2. The molecule has 9 nitrogen and oxygen atoms in total. The Morgan fingerprint density at radius 2 is 1.88 bits per heavy atom. The molecule has 1 aliphatic heterocycles. The highest BCUT2D eigenvalue weighted by atomic mass is 32.2. The number of methoxy groups -OCH3 is 1. The van der Waals surface area contributed by atoms with Gasteiger partial charge in [0.25, 0.3) is 5.91 Å². The number of aromatic nitrogens is 1. The van der Waals surface area contributed by atoms with Crippen molar-refractivity contribution in [2.45, 2.75) is 4.90 Å². The molecule has 3 heterocycles. The molecule has 0 radical (unpaired) electrons. The Balaban J connectivity index is 1.29. The topological polar surface area (TPSA) is 111 Å². The maximum absolute atomic E-state index is 12.7. The molecular weight excluding hydrogens is 478 g/mol. The van der Waals surface area contributed by atoms with E-state index in [1.54, 1.807) is 12.5 Å². The van der Waals surface area contributed by atoms with Crippen LogP contribution in [0.2, 0.25) is 0 Å². The fourth-order valence-electron chi connectivity index (χ4n) is 3.60. The average molecular weight is 500 g/mol. The standard InChI is InChI=1S/C23H21N3O6S2/c1-30-17-4-7-20-16(12-17)13-21(32-20)19-14-33-23(24-19)25-22(27)15-2-5-18(6-3-15)34(28,29)26-8-10-31-11-9-26/h2-7,12-14H,8-11H2,1H3,(H,24,25,27). The largest absolute Gasteiger partial charge is 0.497 e. The number of carbonyl (C=O) groups excluding carboxylic acids is 1. The number of rotatable bonds is 6. The first-order chi connectivity index (χ1) is 16.4. The fraction of sp³-hybridized carbons (Fsp3) is 0.217. The van der Waals surface area contributed by atoms with E-state index >= 15 is 0 Å². The Kier molecular flexibility index (Phi) is 6.09. The molecule has 0 atom stereocenters. The van der Waals surface area contributed by atoms with Gasteiger partial charge in [0, 0.05) is 29.4 Å². The number of thiazole rings is 1. The van der Waals surface area contributed by atoms with E-state index in [0.717, 1.165) is 11.1 Å². The number of nitrogens with one attached hydrogen (secondary N) is 1. The molecule has 2 aromatic heterocycles. The zero-order valence-corrected chi connectivity index (χ0v) is 19.8. The van der Waals surface area contributed by atoms with Gasteiger partial charge >= 0.3 is 0 Å². The number of anilines is 1. The fourth-order valence-corrected chi connectivity index (χ4v) is 5.71. The number of morpholine rings is 1. The van der Waals surface area contributed by atoms with Crippen molar-refractivity contribution in [2.24, 2.45) is 0 Å². The normalized spacial score (nSPS) is 14.9. The molecule has 176 valence electrons. The van der Waals surface area contributed by atoms with E-state index in [0.29, 0.717) is 54.0 Å². The van der Waals surface area contributed by atoms with Crippen LogP contribution in [0.3, 0.4) is 0 Å². The van der Waals surface area contributed by atoms with E-state index in [1.165, 1.54) is 39.9 Å². The highest BCUT2D eigenvalue weighted by Crippen LogP contribution is 2.32. The smallest absolute Gasteiger partial charge is 0.257 e. The molecule has 0 spiro atoms. The first-order valence-corrected chi connectivity index (χ1v) is 12.8. The summed E-state index contributed by atoms with van der Waals surface area (Å²) in [4.78, 5) is 17.3. The molecule has 34 heavy (non-hydrogen) atoms. The van der Waals surface area contributed by atoms with Crippen molar-refractivity contribution in [1.82, 2.24) is 9.29 Å². The lowest BCUT2D eigenvalue weighted by atomic mass is 10.2. The Labute approximate surface area is 200 Å². The van der Waals surface area contributed by atoms with E-state index < -0.39 is 10.0 Å². The van der Waals surface area contributed by atoms with Gasteiger partial charge < -0.3 is 13.9 Å². The molecule has 2 aromatic carbocycles. The Bertz CT molecular complexity index is 1440. The van der Waals surface area contributed by atoms with E-state index in [9.17, 15) is 13.2 Å². The summed E-state index contributed by atoms with van der Waals surface area (Å²) in [5, 5.41) is 5.84. The molecule has 4 aromatic rings. The summed E-state index contributed by atoms with van der Waals surface area (Å²) in [6, 6.07) is 13.3. The Morgan fingerprint density at radius 1 is 1.12 bits per heavy atom. The van der Waals surface area contributed by atoms with Crippen LogP contribution in [0.15, 0.2) is 63.2 Å². The van der Waals surface area contributed by atoms with Crippen molar-refractivity contribution in [1.29, 1.82) is 0 Å². The van der Waals surface area contributed by atoms with Crippen LogP contribution in [0.1, 0.15) is 10.4 Å². The zero-order valence-electron chi connectivity index (χ0n) is 18.2. The van der Waals surface area contributed by atoms with Crippen LogP contribution in [0.4, 0.5) is 5.13 Å². The predicted molar refractivity (Wildman–Crippen MR) is 128 cm³/mol. The molecule has 1 saturated heterocycles. The minimum Gasteiger partial charge on any atom is -0.497 e. The third-order valence-electron chi connectivity index (χ3n) is 5.42. The molecular formula is C23H21N3O6S2. The first-order valence-electron chi connectivity index (χ1n) is 10.5. The van der Waals surface area contributed by atoms with Crippen LogP contribution in [0.25, 0.3) is 22.4 Å². The Hall–Kier alpha value is -3.25. The molecule has 0 bridgehead atoms. The molecule has 1 amide bonds. The van der Waals surface area contributed by atoms with Crippen molar-refractivity contribution in [3.63, 3.8) is 0 Å². The van der Waals surface area contributed by atoms with Gasteiger partial charge in [0.05, 0.1) is 25.2 Å². The lowest BCUT2D eigenvalue weighted by molar-refractivity contribution is 0.0730. The van der Waals surface area contributed by atoms with Gasteiger partial charge in [-0.25, -0.2) is 13.4 Å². The van der Waals surface area contributed by atoms with Crippen LogP contribution < -0.4 is 10.1 Å². The molecule has 0 saturated carbocycles. The van der Waals surface area contributed by atoms with Gasteiger partial charge in [-0.3, -0.25) is 10.1 Å². The van der Waals surface area contributed by atoms with E-state index in [2.05, 4.69) is 10.3 Å². The lowest BCUT2D eigenvalue weighted by Gasteiger charge is -2.26. The van der Waals surface area contributed by atoms with Crippen molar-refractivity contribution < 1.29 is 27.1 Å². The Morgan fingerprint density at radius 3 is 2.62 bits per heavy atom. The number of hydrogen-bond donors (Lipinski definition) is 1. The van der Waals surface area contributed by atoms with Gasteiger partial charge in [0.2, 0.25) is 10.0 Å². The van der Waals surface area contributed by atoms with E-state index in [-0.39, 0.29) is 10.8 Å². The molecule has 11 heteroatoms. The van der Waals surface area contributed by atoms with E-state index in [4.69, 9.17) is 13.9 Å². The monoisotopic (exact) mass is 499 g/mol. The summed E-state index contributed by atoms with van der Waals surface area (Å²) < 4.78 is 43.2. The number of sulfonamides is 1. The highest BCUT2D eigenvalue weighted by Gasteiger charge is 2.26. The molecule has 0 aliphatic carbocycles. The maximum atomic E-state index is 12.7. The minimum absolute atomic E-state index is 0.143. The first kappa shape index (κ1) is 22.5. The van der Waals surface area contributed by atoms with Crippen LogP contribution in [0, 0.1) is 0 Å². The number of hydrogen-bond acceptors (Lipinski definition) is 8. The predicted octanol–water partition coefficient (Wildman–Crippen LogP) is 3.84. The van der Waals surface area contributed by atoms with Gasteiger partial charge in [-0.2, -0.15) is 4.31 Å². The SMILES string of the molecule is COc1ccc2oc(-c3csc(NC(=O)c4ccc(S(=O)(=O)N5CCOCC5)cc4)n3)cc2c1. The zero-order chi connectivity index (χ0) is 23.7. The second-order valence-electron chi connectivity index (χ2n) is 7.55. The quantitative estimate of drug-likeness (QED) is 0.429. The number of ether oxygens (including phenoxy) is 2. The second-order valence-corrected chi connectivity index (χ2v) is 10.3. The van der Waals surface area contributed by atoms with Gasteiger partial charge in [-0.05, 0) is 48.5 Å². The molecule has 1 fully saturated rings. The molecule has 1 aliphatic rings. The number of amides is 1. The van der Waals surface area contributed by atoms with E-state index in [1.807, 2.05) is 24.3 Å². The van der Waals surface area contributed by atoms with Crippen LogP contribution in [-0.4, -0.2) is 57.0 Å². The van der Waals surface area contributed by atoms with Gasteiger partial charge in [-0.1, -0.05) is 0 Å². The number of fused-ring (bicyclic) bond motifs is 1. The number of furan rings is 1. The third kappa shape index (κ3) is 4.42. The second kappa shape index (κ2) is 9.18. The van der Waals surface area contributed by atoms with Crippen molar-refractivity contribution in [3.05, 3.63) is 59.5 Å². The highest BCUT2D eigenvalue weighted by molar-refractivity contribution is 7.89. The van der Waals surface area contributed by atoms with Crippen LogP contribution in [0.5, 0.6) is 5.75 Å². The third-order valence-corrected chi connectivity index (χ3v) is 8.10. The van der Waals surface area contributed by atoms with Gasteiger partial charge in [0.1, 0.15) is 17.0 Å². The summed E-state index contributed by atoms with van der Waals surface area (Å²) in [5.41, 5.74) is 1.64. The van der Waals surface area contributed by atoms with Gasteiger partial charge in [-0.15, -0.1) is 11.3 Å². The molecule has 1 N–H and O–H groups in total. The van der Waals surface area contributed by atoms with Crippen molar-refractivity contribution >= 4 is 43.4 Å². The number of carbonyl (C=O) groups is 1. The summed E-state index contributed by atoms with van der Waals surface area (Å²) >= 11 is 1.27. The van der Waals surface area contributed by atoms with Crippen LogP contribution in [-0.2, 0) is 14.8 Å².